The lowest BCUT2D eigenvalue weighted by molar-refractivity contribution is 0.191. The minimum Gasteiger partial charge on any atom is -0.316 e. The molecule has 0 amide bonds. The number of nitrogens with zero attached hydrogens (tertiary/aromatic N) is 1. The van der Waals surface area contributed by atoms with Crippen molar-refractivity contribution >= 4 is 0 Å². The summed E-state index contributed by atoms with van der Waals surface area (Å²) in [4.78, 5) is 0. The molecule has 1 aromatic rings. The highest BCUT2D eigenvalue weighted by Gasteiger charge is 2.44. The van der Waals surface area contributed by atoms with Crippen molar-refractivity contribution in [2.45, 2.75) is 12.3 Å². The number of benzene rings is 1. The highest BCUT2D eigenvalue weighted by Crippen LogP contribution is 2.48. The summed E-state index contributed by atoms with van der Waals surface area (Å²) < 4.78 is 0. The molecule has 0 radical (unpaired) electrons. The number of fused-ring (bicyclic) bond motifs is 1. The molecule has 1 saturated heterocycles. The summed E-state index contributed by atoms with van der Waals surface area (Å²) in [6.45, 7) is 2.35. The van der Waals surface area contributed by atoms with Gasteiger partial charge >= 0.3 is 0 Å². The molecule has 1 aliphatic heterocycles. The molecular weight excluding hydrogens is 184 g/mol. The van der Waals surface area contributed by atoms with Crippen molar-refractivity contribution in [2.75, 3.05) is 13.1 Å². The molecule has 1 heterocycles. The van der Waals surface area contributed by atoms with Gasteiger partial charge in [-0.2, -0.15) is 5.26 Å². The monoisotopic (exact) mass is 198 g/mol. The van der Waals surface area contributed by atoms with E-state index in [4.69, 9.17) is 5.26 Å². The molecule has 2 heteroatoms. The second-order valence-corrected chi connectivity index (χ2v) is 4.66. The van der Waals surface area contributed by atoms with Crippen LogP contribution in [0.1, 0.15) is 23.5 Å². The lowest BCUT2D eigenvalue weighted by atomic mass is 9.64. The van der Waals surface area contributed by atoms with Crippen LogP contribution in [0.5, 0.6) is 0 Å². The summed E-state index contributed by atoms with van der Waals surface area (Å²) in [5, 5.41) is 12.3. The molecule has 0 bridgehead atoms. The van der Waals surface area contributed by atoms with Crippen molar-refractivity contribution in [3.05, 3.63) is 35.4 Å². The Morgan fingerprint density at radius 3 is 3.07 bits per heavy atom. The highest BCUT2D eigenvalue weighted by molar-refractivity contribution is 5.36. The fraction of sp³-hybridized carbons (Fsp3) is 0.462. The van der Waals surface area contributed by atoms with Crippen LogP contribution in [-0.4, -0.2) is 13.1 Å². The van der Waals surface area contributed by atoms with Crippen molar-refractivity contribution < 1.29 is 0 Å². The van der Waals surface area contributed by atoms with E-state index in [-0.39, 0.29) is 0 Å². The van der Waals surface area contributed by atoms with E-state index in [1.54, 1.807) is 0 Å². The van der Waals surface area contributed by atoms with Gasteiger partial charge in [0.15, 0.2) is 0 Å². The van der Waals surface area contributed by atoms with Crippen LogP contribution >= 0.6 is 0 Å². The Kier molecular flexibility index (Phi) is 2.00. The van der Waals surface area contributed by atoms with E-state index < -0.39 is 0 Å². The fourth-order valence-corrected chi connectivity index (χ4v) is 3.01. The third-order valence-electron chi connectivity index (χ3n) is 3.91. The van der Waals surface area contributed by atoms with Crippen LogP contribution in [-0.2, 0) is 0 Å². The van der Waals surface area contributed by atoms with E-state index in [1.165, 1.54) is 18.5 Å². The molecule has 1 aliphatic carbocycles. The lowest BCUT2D eigenvalue weighted by Crippen LogP contribution is -2.33. The molecule has 15 heavy (non-hydrogen) atoms. The second kappa shape index (κ2) is 3.36. The van der Waals surface area contributed by atoms with Crippen LogP contribution in [0.2, 0.25) is 0 Å². The molecule has 1 aromatic carbocycles. The maximum Gasteiger partial charge on any atom is 0.0991 e. The molecule has 76 valence electrons. The van der Waals surface area contributed by atoms with Crippen LogP contribution in [0, 0.1) is 23.2 Å². The average Bonchev–Trinajstić information content (AvgIpc) is 2.61. The van der Waals surface area contributed by atoms with Gasteiger partial charge < -0.3 is 5.32 Å². The number of nitriles is 1. The Bertz CT molecular complexity index is 419. The van der Waals surface area contributed by atoms with Crippen LogP contribution < -0.4 is 5.32 Å². The molecule has 0 spiro atoms. The lowest BCUT2D eigenvalue weighted by Gasteiger charge is -2.40. The Morgan fingerprint density at radius 1 is 1.33 bits per heavy atom. The Balaban J connectivity index is 1.85. The predicted molar refractivity (Wildman–Crippen MR) is 58.4 cm³/mol. The molecule has 0 aromatic heterocycles. The molecular formula is C13H14N2. The summed E-state index contributed by atoms with van der Waals surface area (Å²) in [6.07, 6.45) is 1.30. The Hall–Kier alpha value is -1.33. The maximum atomic E-state index is 8.86. The van der Waals surface area contributed by atoms with Crippen LogP contribution in [0.25, 0.3) is 0 Å². The van der Waals surface area contributed by atoms with Gasteiger partial charge in [-0.05, 0) is 55.0 Å². The molecule has 1 saturated carbocycles. The number of rotatable bonds is 1. The Morgan fingerprint density at radius 2 is 2.27 bits per heavy atom. The average molecular weight is 198 g/mol. The van der Waals surface area contributed by atoms with E-state index in [9.17, 15) is 0 Å². The minimum absolute atomic E-state index is 0.693. The first-order valence-corrected chi connectivity index (χ1v) is 5.59. The number of nitrogens with one attached hydrogen (secondary N) is 1. The van der Waals surface area contributed by atoms with Gasteiger partial charge in [0.05, 0.1) is 11.6 Å². The largest absolute Gasteiger partial charge is 0.316 e. The summed E-state index contributed by atoms with van der Waals surface area (Å²) in [7, 11) is 0. The summed E-state index contributed by atoms with van der Waals surface area (Å²) in [6, 6.07) is 10.3. The third-order valence-corrected chi connectivity index (χ3v) is 3.91. The van der Waals surface area contributed by atoms with Crippen LogP contribution in [0.4, 0.5) is 0 Å². The molecule has 2 nitrogen and oxygen atoms in total. The molecule has 2 aliphatic rings. The zero-order chi connectivity index (χ0) is 10.3. The van der Waals surface area contributed by atoms with Crippen molar-refractivity contribution in [1.82, 2.24) is 5.32 Å². The van der Waals surface area contributed by atoms with Gasteiger partial charge in [-0.25, -0.2) is 0 Å². The summed E-state index contributed by atoms with van der Waals surface area (Å²) in [5.74, 6) is 2.40. The quantitative estimate of drug-likeness (QED) is 0.748. The topological polar surface area (TPSA) is 35.8 Å². The van der Waals surface area contributed by atoms with Gasteiger partial charge in [0.1, 0.15) is 0 Å². The fourth-order valence-electron chi connectivity index (χ4n) is 3.01. The second-order valence-electron chi connectivity index (χ2n) is 4.66. The van der Waals surface area contributed by atoms with Crippen molar-refractivity contribution in [3.8, 4) is 6.07 Å². The zero-order valence-corrected chi connectivity index (χ0v) is 8.61. The SMILES string of the molecule is N#Cc1cccc([C@@H]2C[C@H]3CNC[C@H]32)c1. The van der Waals surface area contributed by atoms with Gasteiger partial charge in [0.2, 0.25) is 0 Å². The van der Waals surface area contributed by atoms with Gasteiger partial charge in [-0.1, -0.05) is 12.1 Å². The summed E-state index contributed by atoms with van der Waals surface area (Å²) in [5.41, 5.74) is 2.15. The standard InChI is InChI=1S/C13H14N2/c14-6-9-2-1-3-10(4-9)12-5-11-7-15-8-13(11)12/h1-4,11-13,15H,5,7-8H2/t11-,12-,13+/m0/s1. The normalized spacial score (nSPS) is 32.9. The van der Waals surface area contributed by atoms with E-state index in [2.05, 4.69) is 23.5 Å². The maximum absolute atomic E-state index is 8.86. The van der Waals surface area contributed by atoms with Gasteiger partial charge in [-0.15, -0.1) is 0 Å². The molecule has 0 unspecified atom stereocenters. The number of hydrogen-bond donors (Lipinski definition) is 1. The van der Waals surface area contributed by atoms with Crippen molar-refractivity contribution in [3.63, 3.8) is 0 Å². The molecule has 1 N–H and O–H groups in total. The van der Waals surface area contributed by atoms with Gasteiger partial charge in [0.25, 0.3) is 0 Å². The van der Waals surface area contributed by atoms with E-state index in [1.807, 2.05) is 12.1 Å². The molecule has 3 atom stereocenters. The van der Waals surface area contributed by atoms with Crippen molar-refractivity contribution in [1.29, 1.82) is 5.26 Å². The highest BCUT2D eigenvalue weighted by atomic mass is 14.9. The van der Waals surface area contributed by atoms with Gasteiger partial charge in [0, 0.05) is 0 Å². The third kappa shape index (κ3) is 1.35. The van der Waals surface area contributed by atoms with Gasteiger partial charge in [-0.3, -0.25) is 0 Å². The summed E-state index contributed by atoms with van der Waals surface area (Å²) >= 11 is 0. The Labute approximate surface area is 89.9 Å². The van der Waals surface area contributed by atoms with Crippen molar-refractivity contribution in [2.24, 2.45) is 11.8 Å². The first kappa shape index (κ1) is 8.94. The molecule has 2 fully saturated rings. The van der Waals surface area contributed by atoms with E-state index >= 15 is 0 Å². The molecule has 3 rings (SSSR count). The van der Waals surface area contributed by atoms with Crippen LogP contribution in [0.15, 0.2) is 24.3 Å². The smallest absolute Gasteiger partial charge is 0.0991 e. The first-order chi connectivity index (χ1) is 7.38. The minimum atomic E-state index is 0.693. The van der Waals surface area contributed by atoms with E-state index in [0.29, 0.717) is 5.92 Å². The van der Waals surface area contributed by atoms with E-state index in [0.717, 1.165) is 23.9 Å². The predicted octanol–water partition coefficient (Wildman–Crippen LogP) is 1.88. The zero-order valence-electron chi connectivity index (χ0n) is 8.61. The first-order valence-electron chi connectivity index (χ1n) is 5.59. The van der Waals surface area contributed by atoms with Crippen LogP contribution in [0.3, 0.4) is 0 Å². The number of hydrogen-bond acceptors (Lipinski definition) is 2.